The van der Waals surface area contributed by atoms with Crippen molar-refractivity contribution in [1.82, 2.24) is 5.32 Å². The van der Waals surface area contributed by atoms with E-state index >= 15 is 0 Å². The van der Waals surface area contributed by atoms with Gasteiger partial charge in [0.2, 0.25) is 0 Å². The molecular formula is C16H25NO2. The number of ether oxygens (including phenoxy) is 1. The van der Waals surface area contributed by atoms with Gasteiger partial charge in [0.1, 0.15) is 11.4 Å². The zero-order chi connectivity index (χ0) is 14.1. The van der Waals surface area contributed by atoms with E-state index in [0.717, 1.165) is 18.6 Å². The number of nitrogens with one attached hydrogen (secondary N) is 1. The highest BCUT2D eigenvalue weighted by Gasteiger charge is 2.44. The van der Waals surface area contributed by atoms with Crippen molar-refractivity contribution in [2.24, 2.45) is 0 Å². The summed E-state index contributed by atoms with van der Waals surface area (Å²) in [6.07, 6.45) is 1.93. The summed E-state index contributed by atoms with van der Waals surface area (Å²) in [6, 6.07) is 8.30. The molecule has 0 radical (unpaired) electrons. The van der Waals surface area contributed by atoms with E-state index in [9.17, 15) is 5.11 Å². The Kier molecular flexibility index (Phi) is 3.88. The van der Waals surface area contributed by atoms with Crippen molar-refractivity contribution in [3.8, 4) is 5.75 Å². The molecule has 1 saturated carbocycles. The van der Waals surface area contributed by atoms with Gasteiger partial charge in [-0.25, -0.2) is 0 Å². The Morgan fingerprint density at radius 2 is 2.05 bits per heavy atom. The van der Waals surface area contributed by atoms with E-state index in [4.69, 9.17) is 4.74 Å². The van der Waals surface area contributed by atoms with E-state index in [1.54, 1.807) is 0 Å². The molecule has 0 spiro atoms. The molecule has 0 amide bonds. The Bertz CT molecular complexity index is 431. The minimum Gasteiger partial charge on any atom is -0.488 e. The Morgan fingerprint density at radius 1 is 1.37 bits per heavy atom. The lowest BCUT2D eigenvalue weighted by atomic mass is 10.0. The molecule has 2 N–H and O–H groups in total. The van der Waals surface area contributed by atoms with E-state index in [-0.39, 0.29) is 17.2 Å². The van der Waals surface area contributed by atoms with Crippen molar-refractivity contribution in [2.45, 2.75) is 57.8 Å². The molecule has 3 nitrogen and oxygen atoms in total. The molecule has 1 aliphatic carbocycles. The second-order valence-corrected chi connectivity index (χ2v) is 6.55. The molecule has 106 valence electrons. The first kappa shape index (κ1) is 14.4. The predicted molar refractivity (Wildman–Crippen MR) is 77.4 cm³/mol. The Labute approximate surface area is 116 Å². The number of hydrogen-bond acceptors (Lipinski definition) is 3. The third-order valence-electron chi connectivity index (χ3n) is 3.30. The highest BCUT2D eigenvalue weighted by Crippen LogP contribution is 2.46. The zero-order valence-corrected chi connectivity index (χ0v) is 12.4. The van der Waals surface area contributed by atoms with Gasteiger partial charge in [0, 0.05) is 12.1 Å². The summed E-state index contributed by atoms with van der Waals surface area (Å²) in [5, 5.41) is 12.9. The van der Waals surface area contributed by atoms with Crippen LogP contribution < -0.4 is 10.1 Å². The van der Waals surface area contributed by atoms with Crippen LogP contribution in [-0.4, -0.2) is 23.4 Å². The Balaban J connectivity index is 2.10. The molecule has 1 aromatic rings. The van der Waals surface area contributed by atoms with Gasteiger partial charge in [-0.15, -0.1) is 0 Å². The second-order valence-electron chi connectivity index (χ2n) is 6.55. The monoisotopic (exact) mass is 263 g/mol. The molecule has 0 bridgehead atoms. The number of aliphatic hydroxyl groups excluding tert-OH is 1. The normalized spacial score (nSPS) is 19.0. The SMILES string of the molecule is C[C@H](O)CNC1(c2cccc(OC(C)(C)C)c2)CC1. The van der Waals surface area contributed by atoms with Crippen LogP contribution in [0.25, 0.3) is 0 Å². The molecule has 2 rings (SSSR count). The smallest absolute Gasteiger partial charge is 0.120 e. The van der Waals surface area contributed by atoms with Crippen molar-refractivity contribution in [1.29, 1.82) is 0 Å². The highest BCUT2D eigenvalue weighted by molar-refractivity contribution is 5.37. The van der Waals surface area contributed by atoms with Crippen molar-refractivity contribution < 1.29 is 9.84 Å². The molecule has 0 saturated heterocycles. The van der Waals surface area contributed by atoms with Crippen LogP contribution in [0.3, 0.4) is 0 Å². The van der Waals surface area contributed by atoms with Crippen molar-refractivity contribution in [3.05, 3.63) is 29.8 Å². The van der Waals surface area contributed by atoms with Gasteiger partial charge in [0.05, 0.1) is 6.10 Å². The first-order valence-electron chi connectivity index (χ1n) is 7.03. The Hall–Kier alpha value is -1.06. The molecule has 0 aromatic heterocycles. The number of benzene rings is 1. The van der Waals surface area contributed by atoms with E-state index in [1.165, 1.54) is 5.56 Å². The fourth-order valence-electron chi connectivity index (χ4n) is 2.25. The maximum absolute atomic E-state index is 9.41. The van der Waals surface area contributed by atoms with E-state index in [1.807, 2.05) is 19.1 Å². The second kappa shape index (κ2) is 5.14. The van der Waals surface area contributed by atoms with Crippen molar-refractivity contribution in [2.75, 3.05) is 6.54 Å². The molecule has 1 atom stereocenters. The average molecular weight is 263 g/mol. The van der Waals surface area contributed by atoms with Gasteiger partial charge in [-0.1, -0.05) is 12.1 Å². The minimum absolute atomic E-state index is 0.0498. The minimum atomic E-state index is -0.313. The average Bonchev–Trinajstić information content (AvgIpc) is 3.05. The maximum atomic E-state index is 9.41. The molecule has 0 unspecified atom stereocenters. The van der Waals surface area contributed by atoms with E-state index in [2.05, 4.69) is 38.2 Å². The quantitative estimate of drug-likeness (QED) is 0.858. The van der Waals surface area contributed by atoms with Gasteiger partial charge in [-0.05, 0) is 58.2 Å². The van der Waals surface area contributed by atoms with Gasteiger partial charge in [-0.2, -0.15) is 0 Å². The summed E-state index contributed by atoms with van der Waals surface area (Å²) >= 11 is 0. The van der Waals surface area contributed by atoms with Crippen LogP contribution >= 0.6 is 0 Å². The fourth-order valence-corrected chi connectivity index (χ4v) is 2.25. The molecular weight excluding hydrogens is 238 g/mol. The predicted octanol–water partition coefficient (Wildman–Crippen LogP) is 2.82. The van der Waals surface area contributed by atoms with Gasteiger partial charge in [0.25, 0.3) is 0 Å². The summed E-state index contributed by atoms with van der Waals surface area (Å²) in [5.74, 6) is 0.912. The van der Waals surface area contributed by atoms with Crippen LogP contribution in [0.4, 0.5) is 0 Å². The highest BCUT2D eigenvalue weighted by atomic mass is 16.5. The van der Waals surface area contributed by atoms with E-state index < -0.39 is 0 Å². The molecule has 3 heteroatoms. The number of aliphatic hydroxyl groups is 1. The van der Waals surface area contributed by atoms with Gasteiger partial charge in [-0.3, -0.25) is 0 Å². The lowest BCUT2D eigenvalue weighted by molar-refractivity contribution is 0.130. The first-order chi connectivity index (χ1) is 8.81. The fraction of sp³-hybridized carbons (Fsp3) is 0.625. The molecule has 0 aliphatic heterocycles. The Morgan fingerprint density at radius 3 is 2.58 bits per heavy atom. The molecule has 19 heavy (non-hydrogen) atoms. The summed E-state index contributed by atoms with van der Waals surface area (Å²) in [7, 11) is 0. The number of hydrogen-bond donors (Lipinski definition) is 2. The third kappa shape index (κ3) is 3.95. The first-order valence-corrected chi connectivity index (χ1v) is 7.03. The maximum Gasteiger partial charge on any atom is 0.120 e. The zero-order valence-electron chi connectivity index (χ0n) is 12.4. The molecule has 0 heterocycles. The standard InChI is InChI=1S/C16H25NO2/c1-12(18)11-17-16(8-9-16)13-6-5-7-14(10-13)19-15(2,3)4/h5-7,10,12,17-18H,8-9,11H2,1-4H3/t12-/m0/s1. The van der Waals surface area contributed by atoms with Gasteiger partial charge in [0.15, 0.2) is 0 Å². The topological polar surface area (TPSA) is 41.5 Å². The van der Waals surface area contributed by atoms with Crippen LogP contribution in [0.2, 0.25) is 0 Å². The molecule has 1 aliphatic rings. The van der Waals surface area contributed by atoms with Crippen molar-refractivity contribution in [3.63, 3.8) is 0 Å². The summed E-state index contributed by atoms with van der Waals surface area (Å²) in [5.41, 5.74) is 1.13. The van der Waals surface area contributed by atoms with Crippen LogP contribution in [0.1, 0.15) is 46.1 Å². The van der Waals surface area contributed by atoms with E-state index in [0.29, 0.717) is 6.54 Å². The van der Waals surface area contributed by atoms with Crippen LogP contribution in [0.15, 0.2) is 24.3 Å². The summed E-state index contributed by atoms with van der Waals surface area (Å²) in [6.45, 7) is 8.60. The van der Waals surface area contributed by atoms with Gasteiger partial charge >= 0.3 is 0 Å². The van der Waals surface area contributed by atoms with Crippen LogP contribution in [0, 0.1) is 0 Å². The summed E-state index contributed by atoms with van der Waals surface area (Å²) in [4.78, 5) is 0. The largest absolute Gasteiger partial charge is 0.488 e. The van der Waals surface area contributed by atoms with Crippen molar-refractivity contribution >= 4 is 0 Å². The summed E-state index contributed by atoms with van der Waals surface area (Å²) < 4.78 is 5.91. The lowest BCUT2D eigenvalue weighted by Crippen LogP contribution is -2.34. The number of rotatable bonds is 5. The van der Waals surface area contributed by atoms with Crippen LogP contribution in [0.5, 0.6) is 5.75 Å². The lowest BCUT2D eigenvalue weighted by Gasteiger charge is -2.24. The third-order valence-corrected chi connectivity index (χ3v) is 3.30. The van der Waals surface area contributed by atoms with Crippen LogP contribution in [-0.2, 0) is 5.54 Å². The van der Waals surface area contributed by atoms with Gasteiger partial charge < -0.3 is 15.2 Å². The molecule has 1 fully saturated rings. The molecule has 1 aromatic carbocycles.